The van der Waals surface area contributed by atoms with Crippen molar-refractivity contribution in [3.63, 3.8) is 0 Å². The van der Waals surface area contributed by atoms with Gasteiger partial charge in [0, 0.05) is 21.8 Å². The summed E-state index contributed by atoms with van der Waals surface area (Å²) in [6.45, 7) is 11.0. The summed E-state index contributed by atoms with van der Waals surface area (Å²) in [4.78, 5) is 19.6. The maximum absolute atomic E-state index is 13.5. The average molecular weight is 537 g/mol. The third kappa shape index (κ3) is 6.43. The van der Waals surface area contributed by atoms with Gasteiger partial charge in [-0.1, -0.05) is 45.0 Å². The van der Waals surface area contributed by atoms with Gasteiger partial charge in [-0.05, 0) is 84.2 Å². The Hall–Kier alpha value is -3.09. The van der Waals surface area contributed by atoms with Gasteiger partial charge in [0.15, 0.2) is 11.5 Å². The summed E-state index contributed by atoms with van der Waals surface area (Å²) in [5.74, 6) is 1.68. The molecule has 1 heterocycles. The number of halogens is 1. The van der Waals surface area contributed by atoms with E-state index in [1.165, 1.54) is 4.88 Å². The number of benzene rings is 2. The van der Waals surface area contributed by atoms with Gasteiger partial charge in [-0.3, -0.25) is 4.79 Å². The lowest BCUT2D eigenvalue weighted by Crippen LogP contribution is -2.27. The molecule has 0 aliphatic heterocycles. The molecule has 0 fully saturated rings. The fraction of sp³-hybridized carbons (Fsp3) is 0.333. The van der Waals surface area contributed by atoms with Crippen molar-refractivity contribution < 1.29 is 14.3 Å². The van der Waals surface area contributed by atoms with E-state index in [0.29, 0.717) is 40.3 Å². The summed E-state index contributed by atoms with van der Waals surface area (Å²) in [5, 5.41) is 4.38. The molecule has 3 aromatic rings. The minimum absolute atomic E-state index is 0.146. The van der Waals surface area contributed by atoms with Crippen LogP contribution < -0.4 is 14.8 Å². The Balaban J connectivity index is 1.67. The SMILES string of the molecule is C=CCOc1ccc(C=Nc2sc3c(c2C(=O)Nc2ccc(Cl)cc2)CC[C@@H](C(C)(C)C)C3)cc1OC. The molecule has 0 saturated heterocycles. The van der Waals surface area contributed by atoms with Crippen LogP contribution >= 0.6 is 22.9 Å². The van der Waals surface area contributed by atoms with Crippen molar-refractivity contribution in [2.75, 3.05) is 19.0 Å². The number of carbonyl (C=O) groups excluding carboxylic acids is 1. The number of thiophene rings is 1. The van der Waals surface area contributed by atoms with E-state index in [9.17, 15) is 4.79 Å². The summed E-state index contributed by atoms with van der Waals surface area (Å²) < 4.78 is 11.1. The molecule has 1 aliphatic carbocycles. The minimum Gasteiger partial charge on any atom is -0.493 e. The molecule has 194 valence electrons. The van der Waals surface area contributed by atoms with E-state index in [1.807, 2.05) is 18.2 Å². The van der Waals surface area contributed by atoms with E-state index in [4.69, 9.17) is 26.1 Å². The normalized spacial score (nSPS) is 15.3. The Bertz CT molecular complexity index is 1310. The van der Waals surface area contributed by atoms with Gasteiger partial charge in [-0.25, -0.2) is 4.99 Å². The minimum atomic E-state index is -0.146. The highest BCUT2D eigenvalue weighted by Gasteiger charge is 2.33. The van der Waals surface area contributed by atoms with Gasteiger partial charge in [0.2, 0.25) is 0 Å². The Morgan fingerprint density at radius 3 is 2.65 bits per heavy atom. The third-order valence-electron chi connectivity index (χ3n) is 6.68. The number of fused-ring (bicyclic) bond motifs is 1. The highest BCUT2D eigenvalue weighted by Crippen LogP contribution is 2.45. The number of nitrogens with one attached hydrogen (secondary N) is 1. The molecule has 0 unspecified atom stereocenters. The van der Waals surface area contributed by atoms with Gasteiger partial charge in [0.1, 0.15) is 11.6 Å². The molecular formula is C30H33ClN2O3S. The van der Waals surface area contributed by atoms with Gasteiger partial charge < -0.3 is 14.8 Å². The highest BCUT2D eigenvalue weighted by molar-refractivity contribution is 7.16. The predicted octanol–water partition coefficient (Wildman–Crippen LogP) is 8.13. The molecule has 1 atom stereocenters. The van der Waals surface area contributed by atoms with Crippen LogP contribution in [0.4, 0.5) is 10.7 Å². The number of carbonyl (C=O) groups is 1. The van der Waals surface area contributed by atoms with Crippen LogP contribution in [0.5, 0.6) is 11.5 Å². The number of anilines is 1. The number of amides is 1. The molecule has 4 rings (SSSR count). The van der Waals surface area contributed by atoms with Gasteiger partial charge in [0.25, 0.3) is 5.91 Å². The van der Waals surface area contributed by atoms with Crippen LogP contribution in [0, 0.1) is 11.3 Å². The second-order valence-electron chi connectivity index (χ2n) is 10.2. The van der Waals surface area contributed by atoms with Gasteiger partial charge in [-0.15, -0.1) is 11.3 Å². The van der Waals surface area contributed by atoms with E-state index in [1.54, 1.807) is 55.0 Å². The summed E-state index contributed by atoms with van der Waals surface area (Å²) in [7, 11) is 1.61. The zero-order valence-electron chi connectivity index (χ0n) is 21.8. The molecule has 0 radical (unpaired) electrons. The molecule has 1 aromatic heterocycles. The summed E-state index contributed by atoms with van der Waals surface area (Å²) >= 11 is 7.64. The van der Waals surface area contributed by atoms with Crippen LogP contribution in [-0.4, -0.2) is 25.8 Å². The standard InChI is InChI=1S/C30H33ClN2O3S/c1-6-15-36-24-14-7-19(16-25(24)35-5)18-32-29-27(28(34)33-22-11-9-21(31)10-12-22)23-13-8-20(30(2,3)4)17-26(23)37-29/h6-7,9-12,14,16,18,20H,1,8,13,15,17H2,2-5H3,(H,33,34)/t20-/m1/s1. The zero-order valence-corrected chi connectivity index (χ0v) is 23.3. The first-order valence-electron chi connectivity index (χ1n) is 12.4. The van der Waals surface area contributed by atoms with Crippen molar-refractivity contribution in [1.82, 2.24) is 0 Å². The number of rotatable bonds is 8. The van der Waals surface area contributed by atoms with Gasteiger partial charge in [0.05, 0.1) is 12.7 Å². The van der Waals surface area contributed by atoms with Crippen LogP contribution in [0.2, 0.25) is 5.02 Å². The first-order chi connectivity index (χ1) is 17.7. The monoisotopic (exact) mass is 536 g/mol. The molecule has 7 heteroatoms. The second kappa shape index (κ2) is 11.5. The molecule has 0 bridgehead atoms. The lowest BCUT2D eigenvalue weighted by atomic mass is 9.72. The van der Waals surface area contributed by atoms with E-state index >= 15 is 0 Å². The number of ether oxygens (including phenoxy) is 2. The molecule has 0 spiro atoms. The van der Waals surface area contributed by atoms with Crippen molar-refractivity contribution in [2.24, 2.45) is 16.3 Å². The van der Waals surface area contributed by atoms with Gasteiger partial charge >= 0.3 is 0 Å². The highest BCUT2D eigenvalue weighted by atomic mass is 35.5. The Morgan fingerprint density at radius 1 is 1.22 bits per heavy atom. The molecule has 0 saturated carbocycles. The summed E-state index contributed by atoms with van der Waals surface area (Å²) in [5.41, 5.74) is 3.55. The predicted molar refractivity (Wildman–Crippen MR) is 155 cm³/mol. The number of hydrogen-bond acceptors (Lipinski definition) is 5. The number of hydrogen-bond donors (Lipinski definition) is 1. The van der Waals surface area contributed by atoms with Crippen molar-refractivity contribution in [1.29, 1.82) is 0 Å². The lowest BCUT2D eigenvalue weighted by Gasteiger charge is -2.33. The Labute approximate surface area is 228 Å². The largest absolute Gasteiger partial charge is 0.493 e. The van der Waals surface area contributed by atoms with Crippen LogP contribution in [-0.2, 0) is 12.8 Å². The van der Waals surface area contributed by atoms with Crippen molar-refractivity contribution in [2.45, 2.75) is 40.0 Å². The molecule has 1 aliphatic rings. The third-order valence-corrected chi connectivity index (χ3v) is 8.09. The summed E-state index contributed by atoms with van der Waals surface area (Å²) in [6.07, 6.45) is 6.35. The zero-order chi connectivity index (χ0) is 26.6. The quantitative estimate of drug-likeness (QED) is 0.233. The average Bonchev–Trinajstić information content (AvgIpc) is 3.25. The molecule has 5 nitrogen and oxygen atoms in total. The first kappa shape index (κ1) is 27.0. The maximum atomic E-state index is 13.5. The van der Waals surface area contributed by atoms with Crippen LogP contribution in [0.25, 0.3) is 0 Å². The first-order valence-corrected chi connectivity index (χ1v) is 13.6. The number of aliphatic imine (C=N–C) groups is 1. The lowest BCUT2D eigenvalue weighted by molar-refractivity contribution is 0.102. The maximum Gasteiger partial charge on any atom is 0.259 e. The Morgan fingerprint density at radius 2 is 1.97 bits per heavy atom. The summed E-state index contributed by atoms with van der Waals surface area (Å²) in [6, 6.07) is 12.8. The fourth-order valence-corrected chi connectivity index (χ4v) is 5.92. The smallest absolute Gasteiger partial charge is 0.259 e. The van der Waals surface area contributed by atoms with Crippen LogP contribution in [0.15, 0.2) is 60.1 Å². The number of nitrogens with zero attached hydrogens (tertiary/aromatic N) is 1. The van der Waals surface area contributed by atoms with Crippen LogP contribution in [0.3, 0.4) is 0 Å². The van der Waals surface area contributed by atoms with E-state index in [2.05, 4.69) is 32.7 Å². The molecule has 1 N–H and O–H groups in total. The fourth-order valence-electron chi connectivity index (χ4n) is 4.53. The van der Waals surface area contributed by atoms with E-state index in [0.717, 1.165) is 35.4 Å². The van der Waals surface area contributed by atoms with Gasteiger partial charge in [-0.2, -0.15) is 0 Å². The molecule has 2 aromatic carbocycles. The molecular weight excluding hydrogens is 504 g/mol. The van der Waals surface area contributed by atoms with E-state index in [-0.39, 0.29) is 11.3 Å². The number of methoxy groups -OCH3 is 1. The van der Waals surface area contributed by atoms with Crippen molar-refractivity contribution >= 4 is 45.7 Å². The van der Waals surface area contributed by atoms with Crippen LogP contribution in [0.1, 0.15) is 53.6 Å². The molecule has 1 amide bonds. The second-order valence-corrected chi connectivity index (χ2v) is 11.7. The van der Waals surface area contributed by atoms with Crippen molar-refractivity contribution in [3.05, 3.63) is 81.7 Å². The molecule has 37 heavy (non-hydrogen) atoms. The Kier molecular flexibility index (Phi) is 8.40. The van der Waals surface area contributed by atoms with Crippen molar-refractivity contribution in [3.8, 4) is 11.5 Å². The van der Waals surface area contributed by atoms with E-state index < -0.39 is 0 Å². The topological polar surface area (TPSA) is 59.9 Å².